The van der Waals surface area contributed by atoms with Gasteiger partial charge in [-0.1, -0.05) is 65.0 Å². The van der Waals surface area contributed by atoms with Gasteiger partial charge < -0.3 is 31.1 Å². The van der Waals surface area contributed by atoms with E-state index >= 15 is 0 Å². The Morgan fingerprint density at radius 1 is 1.00 bits per heavy atom. The van der Waals surface area contributed by atoms with Crippen molar-refractivity contribution in [1.29, 1.82) is 0 Å². The number of nitrogens with one attached hydrogen (secondary N) is 4. The Bertz CT molecular complexity index is 1350. The second kappa shape index (κ2) is 12.4. The van der Waals surface area contributed by atoms with Crippen LogP contribution in [0.25, 0.3) is 0 Å². The third-order valence-corrected chi connectivity index (χ3v) is 8.93. The van der Waals surface area contributed by atoms with E-state index in [1.165, 1.54) is 15.4 Å². The van der Waals surface area contributed by atoms with Gasteiger partial charge >= 0.3 is 6.03 Å². The largest absolute Gasteiger partial charge is 0.344 e. The maximum absolute atomic E-state index is 13.3. The molecule has 5 rings (SSSR count). The van der Waals surface area contributed by atoms with Crippen LogP contribution in [-0.4, -0.2) is 88.7 Å². The van der Waals surface area contributed by atoms with Crippen molar-refractivity contribution in [2.24, 2.45) is 22.7 Å². The summed E-state index contributed by atoms with van der Waals surface area (Å²) in [5.41, 5.74) is 1.22. The fraction of sp³-hybridized carbons (Fsp3) is 0.636. The Morgan fingerprint density at radius 2 is 1.64 bits per heavy atom. The number of carbonyl (C=O) groups is 6. The zero-order chi connectivity index (χ0) is 33.5. The standard InChI is InChI=1S/C22H32N6O6.C11H16/c1-21(2,3)26-20(34)23-7-13(29)27-8-10-14(22(10,4)5)15(27)18(32)25-11-6-12-17(31)24-9-28(12)19(33)16(11)30;1-11(2,3)9-10-7-5-4-6-8-10/h10-12,14-15H,6-9H2,1-5H3,(H,24,31)(H,25,32)(H2,23,26,34);4-8H,9H2,1-3H3/t10-,11-,12-,14-,15-;/m0./s1. The average Bonchev–Trinajstić information content (AvgIpc) is 3.25. The number of urea groups is 1. The minimum absolute atomic E-state index is 0.00513. The minimum atomic E-state index is -1.13. The van der Waals surface area contributed by atoms with E-state index in [2.05, 4.69) is 72.4 Å². The topological polar surface area (TPSA) is 157 Å². The minimum Gasteiger partial charge on any atom is -0.344 e. The molecular formula is C33H48N6O6. The molecule has 0 spiro atoms. The molecule has 0 unspecified atom stereocenters. The molecule has 1 aromatic rings. The first-order valence-electron chi connectivity index (χ1n) is 15.6. The summed E-state index contributed by atoms with van der Waals surface area (Å²) < 4.78 is 0. The molecular weight excluding hydrogens is 576 g/mol. The third kappa shape index (κ3) is 7.83. The van der Waals surface area contributed by atoms with Crippen LogP contribution >= 0.6 is 0 Å². The molecule has 6 amide bonds. The second-order valence-corrected chi connectivity index (χ2v) is 15.4. The molecule has 1 saturated carbocycles. The number of benzene rings is 1. The SMILES string of the molecule is CC(C)(C)Cc1ccccc1.CC(C)(C)NC(=O)NCC(=O)N1C[C@H]2[C@@H]([C@H]1C(=O)N[C@H]1C[C@H]3C(=O)NCN3C(=O)C1=O)C2(C)C. The number of amides is 6. The lowest BCUT2D eigenvalue weighted by Crippen LogP contribution is -2.61. The summed E-state index contributed by atoms with van der Waals surface area (Å²) in [6, 6.07) is 7.40. The second-order valence-electron chi connectivity index (χ2n) is 15.4. The lowest BCUT2D eigenvalue weighted by molar-refractivity contribution is -0.152. The molecule has 4 fully saturated rings. The first-order chi connectivity index (χ1) is 20.8. The molecule has 3 saturated heterocycles. The van der Waals surface area contributed by atoms with Crippen LogP contribution in [0.15, 0.2) is 30.3 Å². The van der Waals surface area contributed by atoms with E-state index in [1.807, 2.05) is 34.6 Å². The van der Waals surface area contributed by atoms with Crippen molar-refractivity contribution in [1.82, 2.24) is 31.1 Å². The summed E-state index contributed by atoms with van der Waals surface area (Å²) >= 11 is 0. The third-order valence-electron chi connectivity index (χ3n) is 8.93. The Balaban J connectivity index is 0.000000354. The maximum Gasteiger partial charge on any atom is 0.315 e. The van der Waals surface area contributed by atoms with Crippen molar-refractivity contribution in [3.8, 4) is 0 Å². The number of Topliss-reactive ketones (excluding diaryl/α,β-unsaturated/α-hetero) is 1. The van der Waals surface area contributed by atoms with Crippen molar-refractivity contribution >= 4 is 35.4 Å². The van der Waals surface area contributed by atoms with Gasteiger partial charge in [0.2, 0.25) is 23.5 Å². The molecule has 12 nitrogen and oxygen atoms in total. The molecule has 5 atom stereocenters. The van der Waals surface area contributed by atoms with E-state index in [0.29, 0.717) is 12.0 Å². The van der Waals surface area contributed by atoms with Gasteiger partial charge in [-0.3, -0.25) is 24.0 Å². The van der Waals surface area contributed by atoms with Gasteiger partial charge in [-0.05, 0) is 55.4 Å². The fourth-order valence-electron chi connectivity index (χ4n) is 6.68. The van der Waals surface area contributed by atoms with Gasteiger partial charge in [-0.15, -0.1) is 0 Å². The van der Waals surface area contributed by atoms with E-state index in [9.17, 15) is 28.8 Å². The Hall–Kier alpha value is -3.96. The summed E-state index contributed by atoms with van der Waals surface area (Å²) in [6.45, 7) is 16.4. The van der Waals surface area contributed by atoms with Crippen molar-refractivity contribution in [3.63, 3.8) is 0 Å². The van der Waals surface area contributed by atoms with Crippen molar-refractivity contribution < 1.29 is 28.8 Å². The molecule has 12 heteroatoms. The zero-order valence-electron chi connectivity index (χ0n) is 27.7. The predicted octanol–water partition coefficient (Wildman–Crippen LogP) is 1.58. The van der Waals surface area contributed by atoms with Crippen LogP contribution in [0.1, 0.15) is 67.4 Å². The van der Waals surface area contributed by atoms with Crippen LogP contribution < -0.4 is 21.3 Å². The summed E-state index contributed by atoms with van der Waals surface area (Å²) in [7, 11) is 0. The predicted molar refractivity (Wildman–Crippen MR) is 167 cm³/mol. The molecule has 0 bridgehead atoms. The molecule has 1 aliphatic carbocycles. The summed E-state index contributed by atoms with van der Waals surface area (Å²) in [5, 5.41) is 10.4. The molecule has 3 aliphatic heterocycles. The zero-order valence-corrected chi connectivity index (χ0v) is 27.7. The number of ketones is 1. The molecule has 4 N–H and O–H groups in total. The fourth-order valence-corrected chi connectivity index (χ4v) is 6.68. The Morgan fingerprint density at radius 3 is 2.24 bits per heavy atom. The van der Waals surface area contributed by atoms with E-state index in [0.717, 1.165) is 6.42 Å². The summed E-state index contributed by atoms with van der Waals surface area (Å²) in [5.74, 6) is -2.85. The molecule has 45 heavy (non-hydrogen) atoms. The highest BCUT2D eigenvalue weighted by molar-refractivity contribution is 6.39. The molecule has 3 heterocycles. The van der Waals surface area contributed by atoms with E-state index in [4.69, 9.17) is 0 Å². The van der Waals surface area contributed by atoms with Gasteiger partial charge in [-0.25, -0.2) is 4.79 Å². The summed E-state index contributed by atoms with van der Waals surface area (Å²) in [4.78, 5) is 77.9. The highest BCUT2D eigenvalue weighted by Crippen LogP contribution is 2.64. The number of hydrogen-bond donors (Lipinski definition) is 4. The van der Waals surface area contributed by atoms with Gasteiger partial charge in [0.25, 0.3) is 5.91 Å². The van der Waals surface area contributed by atoms with Gasteiger partial charge in [0.05, 0.1) is 19.3 Å². The van der Waals surface area contributed by atoms with E-state index in [-0.39, 0.29) is 42.8 Å². The van der Waals surface area contributed by atoms with Crippen molar-refractivity contribution in [2.75, 3.05) is 19.8 Å². The van der Waals surface area contributed by atoms with Crippen LogP contribution in [0.2, 0.25) is 0 Å². The number of carbonyl (C=O) groups excluding carboxylic acids is 6. The van der Waals surface area contributed by atoms with Crippen LogP contribution in [0.4, 0.5) is 4.79 Å². The average molecular weight is 625 g/mol. The smallest absolute Gasteiger partial charge is 0.315 e. The molecule has 1 aromatic carbocycles. The normalized spacial score (nSPS) is 26.6. The van der Waals surface area contributed by atoms with Crippen LogP contribution in [0, 0.1) is 22.7 Å². The number of rotatable bonds is 5. The molecule has 0 aromatic heterocycles. The summed E-state index contributed by atoms with van der Waals surface area (Å²) in [6.07, 6.45) is 1.16. The van der Waals surface area contributed by atoms with Gasteiger partial charge in [0.15, 0.2) is 0 Å². The number of fused-ring (bicyclic) bond motifs is 2. The number of likely N-dealkylation sites (tertiary alicyclic amines) is 1. The van der Waals surface area contributed by atoms with Crippen molar-refractivity contribution in [2.45, 2.75) is 91.9 Å². The van der Waals surface area contributed by atoms with Crippen LogP contribution in [-0.2, 0) is 30.4 Å². The number of nitrogens with zero attached hydrogens (tertiary/aromatic N) is 2. The van der Waals surface area contributed by atoms with E-state index < -0.39 is 53.2 Å². The van der Waals surface area contributed by atoms with E-state index in [1.54, 1.807) is 0 Å². The quantitative estimate of drug-likeness (QED) is 0.365. The van der Waals surface area contributed by atoms with Gasteiger partial charge in [0.1, 0.15) is 12.1 Å². The number of piperidine rings is 2. The van der Waals surface area contributed by atoms with Crippen LogP contribution in [0.3, 0.4) is 0 Å². The Kier molecular flexibility index (Phi) is 9.38. The first-order valence-corrected chi connectivity index (χ1v) is 15.6. The monoisotopic (exact) mass is 624 g/mol. The highest BCUT2D eigenvalue weighted by Gasteiger charge is 2.69. The lowest BCUT2D eigenvalue weighted by Gasteiger charge is -2.34. The Labute approximate surface area is 265 Å². The molecule has 0 radical (unpaired) electrons. The van der Waals surface area contributed by atoms with Crippen LogP contribution in [0.5, 0.6) is 0 Å². The van der Waals surface area contributed by atoms with Crippen molar-refractivity contribution in [3.05, 3.63) is 35.9 Å². The van der Waals surface area contributed by atoms with Gasteiger partial charge in [-0.2, -0.15) is 0 Å². The molecule has 4 aliphatic rings. The number of hydrogen-bond acceptors (Lipinski definition) is 6. The highest BCUT2D eigenvalue weighted by atomic mass is 16.2. The van der Waals surface area contributed by atoms with Gasteiger partial charge in [0, 0.05) is 18.5 Å². The maximum atomic E-state index is 13.3. The first kappa shape index (κ1) is 33.9. The lowest BCUT2D eigenvalue weighted by atomic mass is 9.88. The molecule has 246 valence electrons.